The van der Waals surface area contributed by atoms with Crippen LogP contribution in [-0.2, 0) is 22.3 Å². The van der Waals surface area contributed by atoms with Crippen LogP contribution in [0.15, 0.2) is 47.2 Å². The molecule has 0 amide bonds. The minimum Gasteiger partial charge on any atom is -0.395 e. The molecular weight excluding hydrogens is 294 g/mol. The van der Waals surface area contributed by atoms with Crippen molar-refractivity contribution in [2.45, 2.75) is 12.3 Å². The first kappa shape index (κ1) is 15.2. The van der Waals surface area contributed by atoms with Gasteiger partial charge in [-0.1, -0.05) is 30.3 Å². The lowest BCUT2D eigenvalue weighted by Gasteiger charge is -2.20. The van der Waals surface area contributed by atoms with Gasteiger partial charge in [-0.2, -0.15) is 15.6 Å². The third kappa shape index (κ3) is 4.14. The molecule has 1 N–H and O–H groups in total. The van der Waals surface area contributed by atoms with Crippen molar-refractivity contribution in [1.82, 2.24) is 4.31 Å². The number of aliphatic hydroxyl groups is 1. The number of nitrogens with zero attached hydrogens (tertiary/aromatic N) is 1. The Kier molecular flexibility index (Phi) is 5.31. The molecule has 1 heterocycles. The smallest absolute Gasteiger partial charge is 0.218 e. The van der Waals surface area contributed by atoms with Crippen LogP contribution in [0, 0.1) is 0 Å². The molecule has 0 saturated carbocycles. The van der Waals surface area contributed by atoms with Crippen LogP contribution in [0.3, 0.4) is 0 Å². The largest absolute Gasteiger partial charge is 0.395 e. The zero-order valence-electron chi connectivity index (χ0n) is 11.0. The fourth-order valence-corrected chi connectivity index (χ4v) is 4.05. The molecule has 0 fully saturated rings. The number of rotatable bonds is 7. The maximum atomic E-state index is 12.4. The number of sulfonamides is 1. The van der Waals surface area contributed by atoms with E-state index in [1.54, 1.807) is 12.1 Å². The van der Waals surface area contributed by atoms with Crippen LogP contribution in [0.4, 0.5) is 0 Å². The highest BCUT2D eigenvalue weighted by Gasteiger charge is 2.22. The second-order valence-electron chi connectivity index (χ2n) is 4.43. The summed E-state index contributed by atoms with van der Waals surface area (Å²) in [6.45, 7) is 0.238. The van der Waals surface area contributed by atoms with Gasteiger partial charge in [0.05, 0.1) is 12.4 Å². The second kappa shape index (κ2) is 6.99. The molecule has 0 aliphatic rings. The summed E-state index contributed by atoms with van der Waals surface area (Å²) >= 11 is 1.53. The number of benzene rings is 1. The molecule has 4 nitrogen and oxygen atoms in total. The van der Waals surface area contributed by atoms with E-state index in [4.69, 9.17) is 5.11 Å². The van der Waals surface area contributed by atoms with E-state index in [1.807, 2.05) is 35.0 Å². The van der Waals surface area contributed by atoms with Crippen LogP contribution in [0.1, 0.15) is 11.1 Å². The summed E-state index contributed by atoms with van der Waals surface area (Å²) < 4.78 is 26.2. The van der Waals surface area contributed by atoms with Gasteiger partial charge in [0.2, 0.25) is 10.0 Å². The highest BCUT2D eigenvalue weighted by Crippen LogP contribution is 2.16. The quantitative estimate of drug-likeness (QED) is 0.851. The second-order valence-corrected chi connectivity index (χ2v) is 7.18. The molecule has 0 aliphatic heterocycles. The molecular formula is C14H17NO3S2. The van der Waals surface area contributed by atoms with E-state index in [1.165, 1.54) is 15.6 Å². The molecule has 2 aromatic rings. The van der Waals surface area contributed by atoms with Gasteiger partial charge in [0.15, 0.2) is 0 Å². The molecule has 2 rings (SSSR count). The van der Waals surface area contributed by atoms with Crippen molar-refractivity contribution in [3.8, 4) is 0 Å². The first-order valence-electron chi connectivity index (χ1n) is 6.25. The van der Waals surface area contributed by atoms with E-state index < -0.39 is 10.0 Å². The Bertz CT molecular complexity index is 609. The first-order chi connectivity index (χ1) is 9.62. The summed E-state index contributed by atoms with van der Waals surface area (Å²) in [4.78, 5) is 0. The third-order valence-electron chi connectivity index (χ3n) is 2.87. The van der Waals surface area contributed by atoms with Gasteiger partial charge in [-0.3, -0.25) is 0 Å². The summed E-state index contributed by atoms with van der Waals surface area (Å²) in [7, 11) is -3.44. The zero-order chi connectivity index (χ0) is 14.4. The average molecular weight is 311 g/mol. The fourth-order valence-electron chi connectivity index (χ4n) is 1.89. The summed E-state index contributed by atoms with van der Waals surface area (Å²) in [5.74, 6) is -0.0437. The molecule has 1 aromatic heterocycles. The molecule has 0 bridgehead atoms. The number of hydrogen-bond donors (Lipinski definition) is 1. The van der Waals surface area contributed by atoms with Gasteiger partial charge in [0, 0.05) is 13.1 Å². The Labute approximate surface area is 123 Å². The molecule has 6 heteroatoms. The van der Waals surface area contributed by atoms with E-state index in [0.29, 0.717) is 6.54 Å². The Morgan fingerprint density at radius 3 is 2.45 bits per heavy atom. The normalized spacial score (nSPS) is 11.9. The van der Waals surface area contributed by atoms with E-state index >= 15 is 0 Å². The number of hydrogen-bond acceptors (Lipinski definition) is 4. The van der Waals surface area contributed by atoms with E-state index in [2.05, 4.69) is 0 Å². The van der Waals surface area contributed by atoms with Gasteiger partial charge < -0.3 is 5.11 Å². The minimum absolute atomic E-state index is 0.0437. The van der Waals surface area contributed by atoms with Crippen LogP contribution in [-0.4, -0.2) is 31.0 Å². The molecule has 0 unspecified atom stereocenters. The molecule has 0 spiro atoms. The molecule has 0 aliphatic carbocycles. The van der Waals surface area contributed by atoms with Crippen LogP contribution >= 0.6 is 11.3 Å². The van der Waals surface area contributed by atoms with Gasteiger partial charge in [-0.05, 0) is 28.0 Å². The first-order valence-corrected chi connectivity index (χ1v) is 8.81. The van der Waals surface area contributed by atoms with Crippen LogP contribution in [0.2, 0.25) is 0 Å². The van der Waals surface area contributed by atoms with Crippen LogP contribution < -0.4 is 0 Å². The monoisotopic (exact) mass is 311 g/mol. The highest BCUT2D eigenvalue weighted by molar-refractivity contribution is 7.88. The van der Waals surface area contributed by atoms with Crippen molar-refractivity contribution in [3.05, 3.63) is 58.3 Å². The Balaban J connectivity index is 2.14. The predicted octanol–water partition coefficient (Wildman–Crippen LogP) is 2.07. The topological polar surface area (TPSA) is 57.6 Å². The van der Waals surface area contributed by atoms with E-state index in [-0.39, 0.29) is 18.9 Å². The van der Waals surface area contributed by atoms with E-state index in [9.17, 15) is 8.42 Å². The number of thiophene rings is 1. The lowest BCUT2D eigenvalue weighted by molar-refractivity contribution is 0.251. The summed E-state index contributed by atoms with van der Waals surface area (Å²) in [6, 6.07) is 11.0. The average Bonchev–Trinajstić information content (AvgIpc) is 2.92. The van der Waals surface area contributed by atoms with Gasteiger partial charge in [-0.25, -0.2) is 8.42 Å². The van der Waals surface area contributed by atoms with Gasteiger partial charge in [0.25, 0.3) is 0 Å². The van der Waals surface area contributed by atoms with Crippen LogP contribution in [0.25, 0.3) is 0 Å². The molecule has 1 aromatic carbocycles. The predicted molar refractivity (Wildman–Crippen MR) is 80.9 cm³/mol. The minimum atomic E-state index is -3.44. The van der Waals surface area contributed by atoms with Crippen molar-refractivity contribution in [3.63, 3.8) is 0 Å². The fraction of sp³-hybridized carbons (Fsp3) is 0.286. The Hall–Kier alpha value is -1.21. The molecule has 108 valence electrons. The Morgan fingerprint density at radius 2 is 1.85 bits per heavy atom. The molecule has 0 radical (unpaired) electrons. The molecule has 0 atom stereocenters. The maximum absolute atomic E-state index is 12.4. The lowest BCUT2D eigenvalue weighted by Crippen LogP contribution is -2.34. The van der Waals surface area contributed by atoms with Crippen molar-refractivity contribution < 1.29 is 13.5 Å². The Morgan fingerprint density at radius 1 is 1.10 bits per heavy atom. The zero-order valence-corrected chi connectivity index (χ0v) is 12.6. The molecule has 20 heavy (non-hydrogen) atoms. The summed E-state index contributed by atoms with van der Waals surface area (Å²) in [6.07, 6.45) is 0. The van der Waals surface area contributed by atoms with Gasteiger partial charge in [-0.15, -0.1) is 0 Å². The van der Waals surface area contributed by atoms with Gasteiger partial charge in [0.1, 0.15) is 0 Å². The lowest BCUT2D eigenvalue weighted by atomic mass is 10.2. The van der Waals surface area contributed by atoms with Crippen molar-refractivity contribution in [2.75, 3.05) is 13.2 Å². The highest BCUT2D eigenvalue weighted by atomic mass is 32.2. The number of aliphatic hydroxyl groups excluding tert-OH is 1. The SMILES string of the molecule is O=S(=O)(Cc1ccccc1)N(CCO)Cc1ccsc1. The maximum Gasteiger partial charge on any atom is 0.218 e. The van der Waals surface area contributed by atoms with E-state index in [0.717, 1.165) is 11.1 Å². The molecule has 0 saturated heterocycles. The van der Waals surface area contributed by atoms with Crippen LogP contribution in [0.5, 0.6) is 0 Å². The summed E-state index contributed by atoms with van der Waals surface area (Å²) in [5.41, 5.74) is 1.70. The standard InChI is InChI=1S/C14H17NO3S2/c16-8-7-15(10-14-6-9-19-11-14)20(17,18)12-13-4-2-1-3-5-13/h1-6,9,11,16H,7-8,10,12H2. The van der Waals surface area contributed by atoms with Gasteiger partial charge >= 0.3 is 0 Å². The third-order valence-corrected chi connectivity index (χ3v) is 5.40. The van der Waals surface area contributed by atoms with Crippen molar-refractivity contribution in [2.24, 2.45) is 0 Å². The summed E-state index contributed by atoms with van der Waals surface area (Å²) in [5, 5.41) is 12.9. The van der Waals surface area contributed by atoms with Crippen molar-refractivity contribution in [1.29, 1.82) is 0 Å². The van der Waals surface area contributed by atoms with Crippen molar-refractivity contribution >= 4 is 21.4 Å².